The fraction of sp³-hybridized carbons (Fsp3) is 0.100. The monoisotopic (exact) mass is 253 g/mol. The molecular weight excluding hydrogens is 246 g/mol. The van der Waals surface area contributed by atoms with Crippen molar-refractivity contribution in [3.63, 3.8) is 0 Å². The van der Waals surface area contributed by atoms with E-state index in [1.54, 1.807) is 6.08 Å². The van der Waals surface area contributed by atoms with Crippen molar-refractivity contribution in [2.24, 2.45) is 0 Å². The topological polar surface area (TPSA) is 38.3 Å². The lowest BCUT2D eigenvalue weighted by Crippen LogP contribution is -2.31. The molecule has 0 aliphatic carbocycles. The van der Waals surface area contributed by atoms with E-state index in [1.807, 2.05) is 24.3 Å². The normalized spacial score (nSPS) is 19.5. The molecule has 0 saturated carbocycles. The van der Waals surface area contributed by atoms with Crippen LogP contribution in [0, 0.1) is 0 Å². The number of hydrogen-bond donors (Lipinski definition) is 1. The molecule has 1 aromatic rings. The number of ether oxygens (including phenoxy) is 1. The zero-order chi connectivity index (χ0) is 9.97. The highest BCUT2D eigenvalue weighted by molar-refractivity contribution is 9.10. The summed E-state index contributed by atoms with van der Waals surface area (Å²) < 4.78 is 6.46. The molecule has 0 radical (unpaired) electrons. The molecule has 2 rings (SSSR count). The lowest BCUT2D eigenvalue weighted by molar-refractivity contribution is -0.117. The van der Waals surface area contributed by atoms with Gasteiger partial charge in [-0.3, -0.25) is 4.79 Å². The Kier molecular flexibility index (Phi) is 2.54. The Morgan fingerprint density at radius 1 is 1.29 bits per heavy atom. The summed E-state index contributed by atoms with van der Waals surface area (Å²) in [5, 5.41) is 2.63. The van der Waals surface area contributed by atoms with E-state index in [0.29, 0.717) is 0 Å². The van der Waals surface area contributed by atoms with Crippen LogP contribution >= 0.6 is 15.9 Å². The van der Waals surface area contributed by atoms with Crippen LogP contribution in [0.4, 0.5) is 0 Å². The maximum atomic E-state index is 10.8. The molecule has 14 heavy (non-hydrogen) atoms. The average Bonchev–Trinajstić information content (AvgIpc) is 2.56. The Labute approximate surface area is 89.9 Å². The minimum atomic E-state index is -0.344. The van der Waals surface area contributed by atoms with E-state index in [9.17, 15) is 4.79 Å². The largest absolute Gasteiger partial charge is 0.467 e. The van der Waals surface area contributed by atoms with Crippen molar-refractivity contribution >= 4 is 21.8 Å². The maximum absolute atomic E-state index is 10.8. The van der Waals surface area contributed by atoms with E-state index in [2.05, 4.69) is 21.2 Å². The van der Waals surface area contributed by atoms with Crippen LogP contribution in [0.2, 0.25) is 0 Å². The second-order valence-electron chi connectivity index (χ2n) is 2.86. The minimum absolute atomic E-state index is 0.118. The summed E-state index contributed by atoms with van der Waals surface area (Å²) in [4.78, 5) is 10.8. The Morgan fingerprint density at radius 2 is 2.00 bits per heavy atom. The van der Waals surface area contributed by atoms with Crippen LogP contribution in [-0.4, -0.2) is 12.1 Å². The second kappa shape index (κ2) is 3.84. The predicted octanol–water partition coefficient (Wildman–Crippen LogP) is 1.84. The van der Waals surface area contributed by atoms with Crippen LogP contribution in [0.1, 0.15) is 0 Å². The van der Waals surface area contributed by atoms with Crippen molar-refractivity contribution in [2.75, 3.05) is 0 Å². The maximum Gasteiger partial charge on any atom is 0.246 e. The second-order valence-corrected chi connectivity index (χ2v) is 3.78. The molecule has 0 aromatic heterocycles. The summed E-state index contributed by atoms with van der Waals surface area (Å²) in [5.74, 6) is 0.608. The third kappa shape index (κ3) is 2.14. The van der Waals surface area contributed by atoms with Crippen molar-refractivity contribution in [1.82, 2.24) is 5.32 Å². The highest BCUT2D eigenvalue weighted by atomic mass is 79.9. The number of carbonyl (C=O) groups is 1. The molecule has 1 heterocycles. The van der Waals surface area contributed by atoms with Gasteiger partial charge in [0.25, 0.3) is 0 Å². The Hall–Kier alpha value is -1.29. The highest BCUT2D eigenvalue weighted by Crippen LogP contribution is 2.17. The first-order chi connectivity index (χ1) is 6.74. The van der Waals surface area contributed by atoms with Crippen molar-refractivity contribution < 1.29 is 9.53 Å². The van der Waals surface area contributed by atoms with Gasteiger partial charge in [0, 0.05) is 10.5 Å². The summed E-state index contributed by atoms with van der Waals surface area (Å²) >= 11 is 3.33. The molecular formula is C10H8BrNO2. The molecule has 0 bridgehead atoms. The predicted molar refractivity (Wildman–Crippen MR) is 55.8 cm³/mol. The SMILES string of the molecule is O=C1C=CC(Oc2ccc(Br)cc2)N1. The minimum Gasteiger partial charge on any atom is -0.467 e. The van der Waals surface area contributed by atoms with Crippen LogP contribution < -0.4 is 10.1 Å². The molecule has 1 aliphatic rings. The van der Waals surface area contributed by atoms with Crippen LogP contribution in [0.25, 0.3) is 0 Å². The van der Waals surface area contributed by atoms with Gasteiger partial charge in [-0.25, -0.2) is 0 Å². The zero-order valence-electron chi connectivity index (χ0n) is 7.24. The number of hydrogen-bond acceptors (Lipinski definition) is 2. The lowest BCUT2D eigenvalue weighted by Gasteiger charge is -2.12. The summed E-state index contributed by atoms with van der Waals surface area (Å²) in [7, 11) is 0. The molecule has 72 valence electrons. The number of benzene rings is 1. The van der Waals surface area contributed by atoms with Gasteiger partial charge in [0.05, 0.1) is 0 Å². The molecule has 1 N–H and O–H groups in total. The fourth-order valence-electron chi connectivity index (χ4n) is 1.14. The van der Waals surface area contributed by atoms with Gasteiger partial charge in [-0.1, -0.05) is 15.9 Å². The van der Waals surface area contributed by atoms with Crippen LogP contribution in [0.5, 0.6) is 5.75 Å². The molecule has 4 heteroatoms. The number of rotatable bonds is 2. The van der Waals surface area contributed by atoms with Gasteiger partial charge in [-0.05, 0) is 30.3 Å². The average molecular weight is 254 g/mol. The van der Waals surface area contributed by atoms with Crippen molar-refractivity contribution in [3.05, 3.63) is 40.9 Å². The third-order valence-electron chi connectivity index (χ3n) is 1.78. The smallest absolute Gasteiger partial charge is 0.246 e. The van der Waals surface area contributed by atoms with Gasteiger partial charge in [-0.2, -0.15) is 0 Å². The van der Waals surface area contributed by atoms with Crippen molar-refractivity contribution in [1.29, 1.82) is 0 Å². The summed E-state index contributed by atoms with van der Waals surface area (Å²) in [6.45, 7) is 0. The van der Waals surface area contributed by atoms with Crippen LogP contribution in [0.3, 0.4) is 0 Å². The number of carbonyl (C=O) groups excluding carboxylic acids is 1. The van der Waals surface area contributed by atoms with Gasteiger partial charge in [-0.15, -0.1) is 0 Å². The fourth-order valence-corrected chi connectivity index (χ4v) is 1.40. The van der Waals surface area contributed by atoms with E-state index >= 15 is 0 Å². The quantitative estimate of drug-likeness (QED) is 0.874. The molecule has 1 aromatic carbocycles. The van der Waals surface area contributed by atoms with Gasteiger partial charge >= 0.3 is 0 Å². The lowest BCUT2D eigenvalue weighted by atomic mass is 10.3. The molecule has 1 unspecified atom stereocenters. The Bertz CT molecular complexity index is 372. The van der Waals surface area contributed by atoms with E-state index < -0.39 is 0 Å². The van der Waals surface area contributed by atoms with Gasteiger partial charge in [0.2, 0.25) is 5.91 Å². The van der Waals surface area contributed by atoms with Crippen LogP contribution in [0.15, 0.2) is 40.9 Å². The van der Waals surface area contributed by atoms with Gasteiger partial charge in [0.1, 0.15) is 5.75 Å². The molecule has 0 spiro atoms. The van der Waals surface area contributed by atoms with E-state index in [0.717, 1.165) is 10.2 Å². The van der Waals surface area contributed by atoms with E-state index in [-0.39, 0.29) is 12.1 Å². The molecule has 1 aliphatic heterocycles. The molecule has 0 fully saturated rings. The number of nitrogens with one attached hydrogen (secondary N) is 1. The summed E-state index contributed by atoms with van der Waals surface area (Å²) in [6.07, 6.45) is 2.80. The van der Waals surface area contributed by atoms with Crippen molar-refractivity contribution in [3.8, 4) is 5.75 Å². The highest BCUT2D eigenvalue weighted by Gasteiger charge is 2.14. The number of halogens is 1. The first-order valence-corrected chi connectivity index (χ1v) is 4.94. The molecule has 0 saturated heterocycles. The van der Waals surface area contributed by atoms with Gasteiger partial charge in [0.15, 0.2) is 6.23 Å². The van der Waals surface area contributed by atoms with E-state index in [4.69, 9.17) is 4.74 Å². The van der Waals surface area contributed by atoms with E-state index in [1.165, 1.54) is 6.08 Å². The van der Waals surface area contributed by atoms with Gasteiger partial charge < -0.3 is 10.1 Å². The first kappa shape index (κ1) is 9.27. The standard InChI is InChI=1S/C10H8BrNO2/c11-7-1-3-8(4-2-7)14-10-6-5-9(13)12-10/h1-6,10H,(H,12,13). The zero-order valence-corrected chi connectivity index (χ0v) is 8.82. The third-order valence-corrected chi connectivity index (χ3v) is 2.31. The Balaban J connectivity index is 2.01. The molecule has 1 amide bonds. The van der Waals surface area contributed by atoms with Crippen molar-refractivity contribution in [2.45, 2.75) is 6.23 Å². The first-order valence-electron chi connectivity index (χ1n) is 4.15. The number of amides is 1. The Morgan fingerprint density at radius 3 is 2.57 bits per heavy atom. The van der Waals surface area contributed by atoms with Crippen LogP contribution in [-0.2, 0) is 4.79 Å². The molecule has 3 nitrogen and oxygen atoms in total. The summed E-state index contributed by atoms with van der Waals surface area (Å²) in [6, 6.07) is 7.44. The molecule has 1 atom stereocenters. The summed E-state index contributed by atoms with van der Waals surface area (Å²) in [5.41, 5.74) is 0.